The number of nitrogens with zero attached hydrogens (tertiary/aromatic N) is 2. The smallest absolute Gasteiger partial charge is 0.193 e. The first-order valence-corrected chi connectivity index (χ1v) is 10.4. The Kier molecular flexibility index (Phi) is 8.25. The highest BCUT2D eigenvalue weighted by molar-refractivity contribution is 14.0. The first kappa shape index (κ1) is 22.0. The van der Waals surface area contributed by atoms with E-state index in [2.05, 4.69) is 29.1 Å². The van der Waals surface area contributed by atoms with Crippen LogP contribution in [0.2, 0.25) is 0 Å². The van der Waals surface area contributed by atoms with Crippen molar-refractivity contribution >= 4 is 39.8 Å². The Labute approximate surface area is 163 Å². The van der Waals surface area contributed by atoms with Gasteiger partial charge in [-0.3, -0.25) is 4.99 Å². The Bertz CT molecular complexity index is 523. The van der Waals surface area contributed by atoms with Crippen molar-refractivity contribution in [2.24, 2.45) is 16.8 Å². The van der Waals surface area contributed by atoms with Gasteiger partial charge in [-0.05, 0) is 31.1 Å². The molecule has 1 N–H and O–H groups in total. The van der Waals surface area contributed by atoms with E-state index in [0.717, 1.165) is 19.0 Å². The third-order valence-electron chi connectivity index (χ3n) is 5.14. The van der Waals surface area contributed by atoms with Crippen LogP contribution in [0.1, 0.15) is 33.1 Å². The molecule has 0 aromatic rings. The molecule has 142 valence electrons. The van der Waals surface area contributed by atoms with Gasteiger partial charge in [0.1, 0.15) is 0 Å². The summed E-state index contributed by atoms with van der Waals surface area (Å²) in [4.78, 5) is 6.64. The van der Waals surface area contributed by atoms with Crippen LogP contribution in [-0.4, -0.2) is 70.2 Å². The van der Waals surface area contributed by atoms with Gasteiger partial charge in [-0.25, -0.2) is 8.42 Å². The van der Waals surface area contributed by atoms with Gasteiger partial charge in [-0.1, -0.05) is 13.8 Å². The summed E-state index contributed by atoms with van der Waals surface area (Å²) in [6.07, 6.45) is 3.66. The molecule has 2 heterocycles. The molecular formula is C16H32IN3O3S. The van der Waals surface area contributed by atoms with Gasteiger partial charge in [0.15, 0.2) is 15.8 Å². The standard InChI is InChI=1S/C16H31N3O3S.HI/c1-13-9-14(2)11-19(10-13)15(17-3)18-12-16(23(4,20)21)5-7-22-8-6-16;/h13-14H,5-12H2,1-4H3,(H,17,18);1H. The van der Waals surface area contributed by atoms with E-state index in [0.29, 0.717) is 44.4 Å². The van der Waals surface area contributed by atoms with Crippen LogP contribution >= 0.6 is 24.0 Å². The fraction of sp³-hybridized carbons (Fsp3) is 0.938. The number of guanidine groups is 1. The van der Waals surface area contributed by atoms with Gasteiger partial charge in [0.05, 0.1) is 4.75 Å². The number of likely N-dealkylation sites (tertiary alicyclic amines) is 1. The monoisotopic (exact) mass is 473 g/mol. The molecule has 0 aliphatic carbocycles. The third-order valence-corrected chi connectivity index (χ3v) is 7.27. The van der Waals surface area contributed by atoms with E-state index in [1.807, 2.05) is 0 Å². The molecule has 2 aliphatic heterocycles. The summed E-state index contributed by atoms with van der Waals surface area (Å²) in [5.41, 5.74) is 0. The Balaban J connectivity index is 0.00000288. The van der Waals surface area contributed by atoms with Crippen LogP contribution in [0.3, 0.4) is 0 Å². The lowest BCUT2D eigenvalue weighted by molar-refractivity contribution is 0.0753. The maximum absolute atomic E-state index is 12.3. The fourth-order valence-corrected chi connectivity index (χ4v) is 5.07. The number of aliphatic imine (C=N–C) groups is 1. The number of ether oxygens (including phenoxy) is 1. The quantitative estimate of drug-likeness (QED) is 0.384. The lowest BCUT2D eigenvalue weighted by atomic mass is 9.92. The first-order valence-electron chi connectivity index (χ1n) is 8.50. The van der Waals surface area contributed by atoms with Crippen molar-refractivity contribution in [1.82, 2.24) is 10.2 Å². The van der Waals surface area contributed by atoms with Crippen LogP contribution in [0, 0.1) is 11.8 Å². The zero-order valence-electron chi connectivity index (χ0n) is 15.2. The average molecular weight is 473 g/mol. The summed E-state index contributed by atoms with van der Waals surface area (Å²) in [7, 11) is -1.39. The Morgan fingerprint density at radius 2 is 1.79 bits per heavy atom. The molecule has 0 amide bonds. The second kappa shape index (κ2) is 9.02. The van der Waals surface area contributed by atoms with Crippen molar-refractivity contribution in [3.05, 3.63) is 0 Å². The van der Waals surface area contributed by atoms with Crippen LogP contribution in [0.25, 0.3) is 0 Å². The molecule has 24 heavy (non-hydrogen) atoms. The van der Waals surface area contributed by atoms with Crippen molar-refractivity contribution in [3.63, 3.8) is 0 Å². The summed E-state index contributed by atoms with van der Waals surface area (Å²) in [6, 6.07) is 0. The van der Waals surface area contributed by atoms with E-state index in [1.54, 1.807) is 7.05 Å². The summed E-state index contributed by atoms with van der Waals surface area (Å²) >= 11 is 0. The van der Waals surface area contributed by atoms with Crippen molar-refractivity contribution in [2.45, 2.75) is 37.9 Å². The summed E-state index contributed by atoms with van der Waals surface area (Å²) in [5, 5.41) is 3.34. The Morgan fingerprint density at radius 3 is 2.25 bits per heavy atom. The van der Waals surface area contributed by atoms with Crippen LogP contribution in [0.15, 0.2) is 4.99 Å². The molecule has 8 heteroatoms. The summed E-state index contributed by atoms with van der Waals surface area (Å²) < 4.78 is 29.3. The van der Waals surface area contributed by atoms with Crippen molar-refractivity contribution in [2.75, 3.05) is 46.2 Å². The van der Waals surface area contributed by atoms with Crippen LogP contribution < -0.4 is 5.32 Å². The highest BCUT2D eigenvalue weighted by Gasteiger charge is 2.42. The molecule has 2 unspecified atom stereocenters. The molecule has 2 aliphatic rings. The number of piperidine rings is 1. The minimum atomic E-state index is -3.16. The highest BCUT2D eigenvalue weighted by atomic mass is 127. The topological polar surface area (TPSA) is 71.0 Å². The number of nitrogens with one attached hydrogen (secondary N) is 1. The first-order chi connectivity index (χ1) is 10.8. The predicted molar refractivity (Wildman–Crippen MR) is 109 cm³/mol. The number of rotatable bonds is 3. The molecule has 2 fully saturated rings. The zero-order chi connectivity index (χ0) is 17.1. The van der Waals surface area contributed by atoms with E-state index >= 15 is 0 Å². The van der Waals surface area contributed by atoms with Crippen LogP contribution in [-0.2, 0) is 14.6 Å². The SMILES string of the molecule is CN=C(NCC1(S(C)(=O)=O)CCOCC1)N1CC(C)CC(C)C1.I. The summed E-state index contributed by atoms with van der Waals surface area (Å²) in [5.74, 6) is 2.08. The summed E-state index contributed by atoms with van der Waals surface area (Å²) in [6.45, 7) is 7.87. The minimum absolute atomic E-state index is 0. The van der Waals surface area contributed by atoms with Gasteiger partial charge in [0.2, 0.25) is 0 Å². The molecule has 0 spiro atoms. The Hall–Kier alpha value is -0.0900. The predicted octanol–water partition coefficient (Wildman–Crippen LogP) is 1.75. The maximum atomic E-state index is 12.3. The lowest BCUT2D eigenvalue weighted by Crippen LogP contribution is -2.55. The van der Waals surface area contributed by atoms with Crippen molar-refractivity contribution < 1.29 is 13.2 Å². The van der Waals surface area contributed by atoms with E-state index < -0.39 is 14.6 Å². The molecule has 0 radical (unpaired) electrons. The van der Waals surface area contributed by atoms with Crippen LogP contribution in [0.4, 0.5) is 0 Å². The largest absolute Gasteiger partial charge is 0.381 e. The molecule has 0 saturated carbocycles. The zero-order valence-corrected chi connectivity index (χ0v) is 18.4. The van der Waals surface area contributed by atoms with E-state index in [1.165, 1.54) is 12.7 Å². The molecule has 2 rings (SSSR count). The van der Waals surface area contributed by atoms with Crippen molar-refractivity contribution in [3.8, 4) is 0 Å². The third kappa shape index (κ3) is 5.20. The highest BCUT2D eigenvalue weighted by Crippen LogP contribution is 2.29. The van der Waals surface area contributed by atoms with Gasteiger partial charge in [-0.15, -0.1) is 24.0 Å². The Morgan fingerprint density at radius 1 is 1.25 bits per heavy atom. The molecule has 0 aromatic heterocycles. The number of sulfone groups is 1. The number of halogens is 1. The molecule has 0 bridgehead atoms. The van der Waals surface area contributed by atoms with Gasteiger partial charge in [0.25, 0.3) is 0 Å². The average Bonchev–Trinajstić information content (AvgIpc) is 2.47. The maximum Gasteiger partial charge on any atom is 0.193 e. The molecule has 2 saturated heterocycles. The minimum Gasteiger partial charge on any atom is -0.381 e. The second-order valence-corrected chi connectivity index (χ2v) is 9.73. The van der Waals surface area contributed by atoms with Crippen molar-refractivity contribution in [1.29, 1.82) is 0 Å². The van der Waals surface area contributed by atoms with Gasteiger partial charge >= 0.3 is 0 Å². The van der Waals surface area contributed by atoms with Gasteiger partial charge in [0, 0.05) is 46.2 Å². The lowest BCUT2D eigenvalue weighted by Gasteiger charge is -2.40. The van der Waals surface area contributed by atoms with E-state index in [-0.39, 0.29) is 24.0 Å². The molecular weight excluding hydrogens is 441 g/mol. The van der Waals surface area contributed by atoms with E-state index in [9.17, 15) is 8.42 Å². The molecule has 0 aromatic carbocycles. The second-order valence-electron chi connectivity index (χ2n) is 7.32. The number of hydrogen-bond donors (Lipinski definition) is 1. The normalized spacial score (nSPS) is 28.2. The molecule has 2 atom stereocenters. The van der Waals surface area contributed by atoms with Gasteiger partial charge in [-0.2, -0.15) is 0 Å². The fourth-order valence-electron chi connectivity index (χ4n) is 3.83. The van der Waals surface area contributed by atoms with Crippen LogP contribution in [0.5, 0.6) is 0 Å². The van der Waals surface area contributed by atoms with Gasteiger partial charge < -0.3 is 15.0 Å². The number of hydrogen-bond acceptors (Lipinski definition) is 4. The van der Waals surface area contributed by atoms with E-state index in [4.69, 9.17) is 4.74 Å². The molecule has 6 nitrogen and oxygen atoms in total.